The zero-order chi connectivity index (χ0) is 18.7. The van der Waals surface area contributed by atoms with E-state index in [1.54, 1.807) is 13.2 Å². The first kappa shape index (κ1) is 18.8. The van der Waals surface area contributed by atoms with Crippen LogP contribution in [0.4, 0.5) is 10.5 Å². The second kappa shape index (κ2) is 8.16. The molecule has 2 aliphatic rings. The minimum absolute atomic E-state index is 0.0863. The first-order valence-corrected chi connectivity index (χ1v) is 10.1. The normalized spacial score (nSPS) is 20.8. The zero-order valence-corrected chi connectivity index (χ0v) is 16.5. The van der Waals surface area contributed by atoms with E-state index in [1.165, 1.54) is 24.2 Å². The van der Waals surface area contributed by atoms with Crippen molar-refractivity contribution in [3.8, 4) is 5.75 Å². The van der Waals surface area contributed by atoms with Crippen molar-refractivity contribution in [3.63, 3.8) is 0 Å². The molecule has 26 heavy (non-hydrogen) atoms. The van der Waals surface area contributed by atoms with Gasteiger partial charge in [0.2, 0.25) is 0 Å². The highest BCUT2D eigenvalue weighted by Gasteiger charge is 2.37. The Morgan fingerprint density at radius 1 is 1.23 bits per heavy atom. The third kappa shape index (κ3) is 3.75. The maximum atomic E-state index is 12.6. The molecule has 2 aliphatic heterocycles. The lowest BCUT2D eigenvalue weighted by Crippen LogP contribution is -2.36. The molecule has 3 rings (SSSR count). The summed E-state index contributed by atoms with van der Waals surface area (Å²) in [5.74, 6) is 0.514. The molecule has 0 bridgehead atoms. The monoisotopic (exact) mass is 374 g/mol. The predicted octanol–water partition coefficient (Wildman–Crippen LogP) is 4.52. The molecule has 2 saturated heterocycles. The average Bonchev–Trinajstić information content (AvgIpc) is 2.95. The van der Waals surface area contributed by atoms with Gasteiger partial charge in [0, 0.05) is 36.4 Å². The number of amides is 2. The van der Waals surface area contributed by atoms with Crippen molar-refractivity contribution >= 4 is 34.7 Å². The van der Waals surface area contributed by atoms with E-state index in [4.69, 9.17) is 4.74 Å². The molecule has 5 nitrogen and oxygen atoms in total. The Hall–Kier alpha value is -1.95. The average molecular weight is 375 g/mol. The summed E-state index contributed by atoms with van der Waals surface area (Å²) in [6.07, 6.45) is 6.24. The summed E-state index contributed by atoms with van der Waals surface area (Å²) >= 11 is 1.00. The van der Waals surface area contributed by atoms with Gasteiger partial charge >= 0.3 is 0 Å². The van der Waals surface area contributed by atoms with Gasteiger partial charge in [-0.05, 0) is 62.6 Å². The molecule has 0 aliphatic carbocycles. The van der Waals surface area contributed by atoms with Gasteiger partial charge in [-0.15, -0.1) is 0 Å². The maximum absolute atomic E-state index is 12.6. The largest absolute Gasteiger partial charge is 0.496 e. The molecule has 1 aromatic carbocycles. The fourth-order valence-electron chi connectivity index (χ4n) is 3.35. The van der Waals surface area contributed by atoms with Crippen molar-refractivity contribution in [1.29, 1.82) is 0 Å². The summed E-state index contributed by atoms with van der Waals surface area (Å²) in [6, 6.07) is 5.98. The van der Waals surface area contributed by atoms with Crippen LogP contribution in [0, 0.1) is 0 Å². The summed E-state index contributed by atoms with van der Waals surface area (Å²) < 4.78 is 5.55. The van der Waals surface area contributed by atoms with Crippen LogP contribution in [0.1, 0.15) is 45.1 Å². The second-order valence-corrected chi connectivity index (χ2v) is 7.78. The highest BCUT2D eigenvalue weighted by molar-refractivity contribution is 8.18. The minimum Gasteiger partial charge on any atom is -0.496 e. The molecule has 0 radical (unpaired) electrons. The topological polar surface area (TPSA) is 49.9 Å². The van der Waals surface area contributed by atoms with Crippen molar-refractivity contribution in [3.05, 3.63) is 28.7 Å². The van der Waals surface area contributed by atoms with E-state index in [-0.39, 0.29) is 17.2 Å². The number of hydrogen-bond donors (Lipinski definition) is 0. The Morgan fingerprint density at radius 2 is 1.96 bits per heavy atom. The van der Waals surface area contributed by atoms with Crippen LogP contribution in [0.2, 0.25) is 0 Å². The highest BCUT2D eigenvalue weighted by atomic mass is 32.2. The number of carbonyl (C=O) groups excluding carboxylic acids is 2. The highest BCUT2D eigenvalue weighted by Crippen LogP contribution is 2.36. The van der Waals surface area contributed by atoms with Gasteiger partial charge in [0.15, 0.2) is 0 Å². The van der Waals surface area contributed by atoms with E-state index in [9.17, 15) is 9.59 Å². The lowest BCUT2D eigenvalue weighted by atomic mass is 10.1. The van der Waals surface area contributed by atoms with Crippen molar-refractivity contribution in [2.75, 3.05) is 25.1 Å². The maximum Gasteiger partial charge on any atom is 0.293 e. The number of anilines is 1. The number of thioether (sulfide) groups is 1. The summed E-state index contributed by atoms with van der Waals surface area (Å²) in [4.78, 5) is 29.0. The second-order valence-electron chi connectivity index (χ2n) is 6.78. The fourth-order valence-corrected chi connectivity index (χ4v) is 4.27. The molecular formula is C20H26N2O3S. The molecule has 0 saturated carbocycles. The third-order valence-electron chi connectivity index (χ3n) is 5.08. The van der Waals surface area contributed by atoms with E-state index in [0.717, 1.165) is 48.3 Å². The summed E-state index contributed by atoms with van der Waals surface area (Å²) in [7, 11) is 1.64. The van der Waals surface area contributed by atoms with Crippen LogP contribution in [0.3, 0.4) is 0 Å². The Balaban J connectivity index is 1.86. The number of rotatable bonds is 5. The quantitative estimate of drug-likeness (QED) is 0.709. The molecule has 140 valence electrons. The van der Waals surface area contributed by atoms with E-state index in [0.29, 0.717) is 4.91 Å². The molecule has 6 heteroatoms. The SMILES string of the molecule is CC[C@H](C)N1C(=O)S/C(=C/c2ccc(N3CCCCC3)cc2OC)C1=O. The fraction of sp³-hybridized carbons (Fsp3) is 0.500. The van der Waals surface area contributed by atoms with E-state index < -0.39 is 0 Å². The molecule has 2 amide bonds. The third-order valence-corrected chi connectivity index (χ3v) is 5.96. The van der Waals surface area contributed by atoms with E-state index in [2.05, 4.69) is 11.0 Å². The lowest BCUT2D eigenvalue weighted by Gasteiger charge is -2.29. The number of piperidine rings is 1. The van der Waals surface area contributed by atoms with Gasteiger partial charge in [-0.1, -0.05) is 6.92 Å². The van der Waals surface area contributed by atoms with Crippen LogP contribution in [0.25, 0.3) is 6.08 Å². The van der Waals surface area contributed by atoms with Crippen molar-refractivity contribution in [2.24, 2.45) is 0 Å². The van der Waals surface area contributed by atoms with Gasteiger partial charge in [-0.25, -0.2) is 0 Å². The number of ether oxygens (including phenoxy) is 1. The molecule has 1 atom stereocenters. The number of nitrogens with zero attached hydrogens (tertiary/aromatic N) is 2. The first-order chi connectivity index (χ1) is 12.5. The summed E-state index contributed by atoms with van der Waals surface area (Å²) in [5.41, 5.74) is 1.97. The minimum atomic E-state index is -0.212. The van der Waals surface area contributed by atoms with Crippen molar-refractivity contribution in [1.82, 2.24) is 4.90 Å². The molecule has 0 unspecified atom stereocenters. The molecular weight excluding hydrogens is 348 g/mol. The van der Waals surface area contributed by atoms with Crippen LogP contribution < -0.4 is 9.64 Å². The van der Waals surface area contributed by atoms with Gasteiger partial charge in [0.25, 0.3) is 11.1 Å². The van der Waals surface area contributed by atoms with Gasteiger partial charge in [0.1, 0.15) is 5.75 Å². The number of carbonyl (C=O) groups is 2. The number of methoxy groups -OCH3 is 1. The molecule has 0 aromatic heterocycles. The number of hydrogen-bond acceptors (Lipinski definition) is 5. The number of imide groups is 1. The molecule has 0 spiro atoms. The molecule has 2 fully saturated rings. The van der Waals surface area contributed by atoms with Crippen molar-refractivity contribution in [2.45, 2.75) is 45.6 Å². The number of benzene rings is 1. The van der Waals surface area contributed by atoms with Crippen LogP contribution in [-0.2, 0) is 4.79 Å². The van der Waals surface area contributed by atoms with E-state index in [1.807, 2.05) is 26.0 Å². The van der Waals surface area contributed by atoms with Crippen LogP contribution >= 0.6 is 11.8 Å². The van der Waals surface area contributed by atoms with Crippen LogP contribution in [-0.4, -0.2) is 42.3 Å². The Kier molecular flexibility index (Phi) is 5.91. The standard InChI is InChI=1S/C20H26N2O3S/c1-4-14(2)22-19(23)18(26-20(22)24)12-15-8-9-16(13-17(15)25-3)21-10-6-5-7-11-21/h8-9,12-14H,4-7,10-11H2,1-3H3/b18-12+/t14-/m0/s1. The summed E-state index contributed by atoms with van der Waals surface area (Å²) in [6.45, 7) is 6.00. The summed E-state index contributed by atoms with van der Waals surface area (Å²) in [5, 5.41) is -0.195. The van der Waals surface area contributed by atoms with Crippen LogP contribution in [0.15, 0.2) is 23.1 Å². The smallest absolute Gasteiger partial charge is 0.293 e. The molecule has 1 aromatic rings. The zero-order valence-electron chi connectivity index (χ0n) is 15.7. The molecule has 2 heterocycles. The Morgan fingerprint density at radius 3 is 2.62 bits per heavy atom. The Bertz CT molecular complexity index is 726. The van der Waals surface area contributed by atoms with E-state index >= 15 is 0 Å². The Labute approximate surface area is 159 Å². The van der Waals surface area contributed by atoms with Crippen LogP contribution in [0.5, 0.6) is 5.75 Å². The van der Waals surface area contributed by atoms with Gasteiger partial charge in [0.05, 0.1) is 12.0 Å². The van der Waals surface area contributed by atoms with Crippen molar-refractivity contribution < 1.29 is 14.3 Å². The first-order valence-electron chi connectivity index (χ1n) is 9.25. The molecule has 0 N–H and O–H groups in total. The van der Waals surface area contributed by atoms with Gasteiger partial charge < -0.3 is 9.64 Å². The lowest BCUT2D eigenvalue weighted by molar-refractivity contribution is -0.124. The predicted molar refractivity (Wildman–Crippen MR) is 107 cm³/mol. The van der Waals surface area contributed by atoms with Gasteiger partial charge in [-0.2, -0.15) is 0 Å². The van der Waals surface area contributed by atoms with Gasteiger partial charge in [-0.3, -0.25) is 14.5 Å².